The van der Waals surface area contributed by atoms with Crippen molar-refractivity contribution in [2.45, 2.75) is 18.6 Å². The van der Waals surface area contributed by atoms with E-state index in [1.54, 1.807) is 30.3 Å². The van der Waals surface area contributed by atoms with Crippen LogP contribution in [0.15, 0.2) is 29.4 Å². The summed E-state index contributed by atoms with van der Waals surface area (Å²) in [5, 5.41) is 38.8. The number of nitrogens with two attached hydrogens (primary N) is 1. The fraction of sp³-hybridized carbons (Fsp3) is 0.273. The third-order valence-electron chi connectivity index (χ3n) is 2.32. The highest BCUT2D eigenvalue weighted by Gasteiger charge is 2.17. The molecule has 0 amide bonds. The van der Waals surface area contributed by atoms with Crippen molar-refractivity contribution in [1.82, 2.24) is 0 Å². The van der Waals surface area contributed by atoms with Gasteiger partial charge in [-0.25, -0.2) is 0 Å². The van der Waals surface area contributed by atoms with E-state index in [2.05, 4.69) is 5.16 Å². The second kappa shape index (κ2) is 5.84. The lowest BCUT2D eigenvalue weighted by Gasteiger charge is -2.15. The molecule has 0 spiro atoms. The van der Waals surface area contributed by atoms with Crippen LogP contribution >= 0.6 is 0 Å². The van der Waals surface area contributed by atoms with Crippen LogP contribution in [0.25, 0.3) is 0 Å². The molecule has 1 aromatic carbocycles. The number of aliphatic hydroxyl groups is 2. The van der Waals surface area contributed by atoms with Gasteiger partial charge in [-0.15, -0.1) is 0 Å². The molecule has 0 radical (unpaired) electrons. The Morgan fingerprint density at radius 3 is 2.41 bits per heavy atom. The Balaban J connectivity index is 2.84. The third kappa shape index (κ3) is 3.17. The number of benzene rings is 1. The van der Waals surface area contributed by atoms with Gasteiger partial charge in [0, 0.05) is 5.56 Å². The Bertz CT molecular complexity index is 436. The quantitative estimate of drug-likeness (QED) is 0.255. The molecule has 90 valence electrons. The van der Waals surface area contributed by atoms with Crippen LogP contribution in [0, 0.1) is 11.3 Å². The molecular formula is C11H13N3O3. The molecule has 0 fully saturated rings. The van der Waals surface area contributed by atoms with Crippen LogP contribution in [0.2, 0.25) is 0 Å². The van der Waals surface area contributed by atoms with E-state index < -0.39 is 12.2 Å². The maximum absolute atomic E-state index is 9.69. The molecule has 0 saturated heterocycles. The molecule has 0 aliphatic rings. The van der Waals surface area contributed by atoms with Gasteiger partial charge < -0.3 is 21.2 Å². The fourth-order valence-electron chi connectivity index (χ4n) is 1.34. The lowest BCUT2D eigenvalue weighted by molar-refractivity contribution is 0.0216. The van der Waals surface area contributed by atoms with Crippen molar-refractivity contribution in [1.29, 1.82) is 5.26 Å². The number of nitriles is 1. The van der Waals surface area contributed by atoms with Crippen molar-refractivity contribution in [3.05, 3.63) is 35.4 Å². The monoisotopic (exact) mass is 235 g/mol. The van der Waals surface area contributed by atoms with Gasteiger partial charge in [-0.05, 0) is 5.56 Å². The number of hydrogen-bond acceptors (Lipinski definition) is 5. The van der Waals surface area contributed by atoms with Gasteiger partial charge in [-0.3, -0.25) is 0 Å². The Morgan fingerprint density at radius 2 is 1.94 bits per heavy atom. The number of nitrogens with zero attached hydrogens (tertiary/aromatic N) is 2. The zero-order valence-corrected chi connectivity index (χ0v) is 8.98. The summed E-state index contributed by atoms with van der Waals surface area (Å²) < 4.78 is 0. The van der Waals surface area contributed by atoms with E-state index in [-0.39, 0.29) is 12.3 Å². The van der Waals surface area contributed by atoms with E-state index in [1.807, 2.05) is 0 Å². The molecule has 0 aliphatic heterocycles. The average molecular weight is 235 g/mol. The third-order valence-corrected chi connectivity index (χ3v) is 2.32. The molecule has 5 N–H and O–H groups in total. The van der Waals surface area contributed by atoms with Crippen LogP contribution in [-0.2, 0) is 0 Å². The summed E-state index contributed by atoms with van der Waals surface area (Å²) in [6.45, 7) is 0. The molecule has 0 saturated carbocycles. The highest BCUT2D eigenvalue weighted by atomic mass is 16.4. The molecule has 2 atom stereocenters. The predicted octanol–water partition coefficient (Wildman–Crippen LogP) is 0.0891. The van der Waals surface area contributed by atoms with Gasteiger partial charge in [0.1, 0.15) is 6.10 Å². The van der Waals surface area contributed by atoms with E-state index in [1.165, 1.54) is 0 Å². The van der Waals surface area contributed by atoms with Crippen LogP contribution < -0.4 is 5.73 Å². The topological polar surface area (TPSA) is 123 Å². The molecule has 6 nitrogen and oxygen atoms in total. The smallest absolute Gasteiger partial charge is 0.170 e. The summed E-state index contributed by atoms with van der Waals surface area (Å²) in [7, 11) is 0. The Hall–Kier alpha value is -2.10. The number of aliphatic hydroxyl groups excluding tert-OH is 2. The maximum Gasteiger partial charge on any atom is 0.170 e. The summed E-state index contributed by atoms with van der Waals surface area (Å²) in [5.74, 6) is -0.0383. The first-order valence-electron chi connectivity index (χ1n) is 4.91. The van der Waals surface area contributed by atoms with Gasteiger partial charge in [0.25, 0.3) is 0 Å². The summed E-state index contributed by atoms with van der Waals surface area (Å²) >= 11 is 0. The maximum atomic E-state index is 9.69. The lowest BCUT2D eigenvalue weighted by Crippen LogP contribution is -2.18. The normalized spacial score (nSPS) is 15.0. The first-order valence-corrected chi connectivity index (χ1v) is 4.91. The van der Waals surface area contributed by atoms with Gasteiger partial charge in [-0.2, -0.15) is 5.26 Å². The highest BCUT2D eigenvalue weighted by Crippen LogP contribution is 2.19. The minimum absolute atomic E-state index is 0.0383. The van der Waals surface area contributed by atoms with Crippen molar-refractivity contribution in [3.8, 4) is 6.07 Å². The number of rotatable bonds is 4. The Kier molecular flexibility index (Phi) is 4.46. The van der Waals surface area contributed by atoms with E-state index in [4.69, 9.17) is 16.2 Å². The van der Waals surface area contributed by atoms with E-state index in [0.29, 0.717) is 11.1 Å². The van der Waals surface area contributed by atoms with Gasteiger partial charge in [-0.1, -0.05) is 29.4 Å². The summed E-state index contributed by atoms with van der Waals surface area (Å²) in [6, 6.07) is 7.95. The molecule has 2 unspecified atom stereocenters. The number of hydrogen-bond donors (Lipinski definition) is 4. The zero-order valence-electron chi connectivity index (χ0n) is 8.98. The summed E-state index contributed by atoms with van der Waals surface area (Å²) in [6.07, 6.45) is -2.41. The van der Waals surface area contributed by atoms with Gasteiger partial charge in [0.2, 0.25) is 0 Å². The molecule has 0 aromatic heterocycles. The Morgan fingerprint density at radius 1 is 1.35 bits per heavy atom. The zero-order chi connectivity index (χ0) is 12.8. The minimum atomic E-state index is -1.13. The molecule has 0 heterocycles. The van der Waals surface area contributed by atoms with E-state index in [9.17, 15) is 10.2 Å². The van der Waals surface area contributed by atoms with E-state index >= 15 is 0 Å². The second-order valence-corrected chi connectivity index (χ2v) is 3.48. The molecule has 1 aromatic rings. The molecular weight excluding hydrogens is 222 g/mol. The largest absolute Gasteiger partial charge is 0.409 e. The average Bonchev–Trinajstić information content (AvgIpc) is 2.37. The van der Waals surface area contributed by atoms with Gasteiger partial charge in [0.15, 0.2) is 5.84 Å². The highest BCUT2D eigenvalue weighted by molar-refractivity contribution is 5.96. The summed E-state index contributed by atoms with van der Waals surface area (Å²) in [5.41, 5.74) is 6.33. The molecule has 0 bridgehead atoms. The van der Waals surface area contributed by atoms with Gasteiger partial charge >= 0.3 is 0 Å². The second-order valence-electron chi connectivity index (χ2n) is 3.48. The molecule has 17 heavy (non-hydrogen) atoms. The fourth-order valence-corrected chi connectivity index (χ4v) is 1.34. The standard InChI is InChI=1S/C11H13N3O3/c12-6-5-9(15)10(16)7-1-3-8(4-2-7)11(13)14-17/h1-4,9-10,15-17H,5H2,(H2,13,14). The van der Waals surface area contributed by atoms with E-state index in [0.717, 1.165) is 0 Å². The number of oxime groups is 1. The van der Waals surface area contributed by atoms with Crippen LogP contribution in [0.3, 0.4) is 0 Å². The lowest BCUT2D eigenvalue weighted by atomic mass is 10.0. The minimum Gasteiger partial charge on any atom is -0.409 e. The Labute approximate surface area is 98.2 Å². The summed E-state index contributed by atoms with van der Waals surface area (Å²) in [4.78, 5) is 0. The first-order chi connectivity index (χ1) is 8.10. The first kappa shape index (κ1) is 13.0. The van der Waals surface area contributed by atoms with Crippen molar-refractivity contribution in [2.24, 2.45) is 10.9 Å². The van der Waals surface area contributed by atoms with Crippen molar-refractivity contribution < 1.29 is 15.4 Å². The number of amidine groups is 1. The van der Waals surface area contributed by atoms with Crippen molar-refractivity contribution in [3.63, 3.8) is 0 Å². The van der Waals surface area contributed by atoms with Gasteiger partial charge in [0.05, 0.1) is 18.6 Å². The molecule has 6 heteroatoms. The van der Waals surface area contributed by atoms with Crippen molar-refractivity contribution >= 4 is 5.84 Å². The molecule has 0 aliphatic carbocycles. The van der Waals surface area contributed by atoms with Crippen molar-refractivity contribution in [2.75, 3.05) is 0 Å². The van der Waals surface area contributed by atoms with Crippen LogP contribution in [-0.4, -0.2) is 27.4 Å². The SMILES string of the molecule is N#CCC(O)C(O)c1ccc(C(N)=NO)cc1. The predicted molar refractivity (Wildman–Crippen MR) is 60.1 cm³/mol. The molecule has 1 rings (SSSR count). The van der Waals surface area contributed by atoms with Crippen LogP contribution in [0.1, 0.15) is 23.7 Å². The van der Waals surface area contributed by atoms with Crippen LogP contribution in [0.5, 0.6) is 0 Å². The van der Waals surface area contributed by atoms with Crippen LogP contribution in [0.4, 0.5) is 0 Å².